The Bertz CT molecular complexity index is 1750. The van der Waals surface area contributed by atoms with Crippen molar-refractivity contribution in [3.8, 4) is 0 Å². The number of carbonyl (C=O) groups is 3. The fourth-order valence-electron chi connectivity index (χ4n) is 4.91. The Labute approximate surface area is 285 Å². The Balaban J connectivity index is 1.27. The number of ether oxygens (including phenoxy) is 2. The number of nitrogen functional groups attached to an aromatic ring is 1. The molecule has 0 bridgehead atoms. The number of nitrogens with zero attached hydrogens (tertiary/aromatic N) is 5. The summed E-state index contributed by atoms with van der Waals surface area (Å²) in [5.74, 6) is -1.28. The van der Waals surface area contributed by atoms with Crippen molar-refractivity contribution in [1.82, 2.24) is 25.4 Å². The number of hydrogen-bond donors (Lipinski definition) is 2. The van der Waals surface area contributed by atoms with E-state index in [0.29, 0.717) is 4.34 Å². The topological polar surface area (TPSA) is 171 Å². The summed E-state index contributed by atoms with van der Waals surface area (Å²) in [4.78, 5) is 52.0. The minimum Gasteiger partial charge on any atom is -0.492 e. The maximum Gasteiger partial charge on any atom is 0.359 e. The van der Waals surface area contributed by atoms with Crippen molar-refractivity contribution < 1.29 is 28.7 Å². The number of thiazole rings is 1. The molecule has 47 heavy (non-hydrogen) atoms. The molecule has 13 nitrogen and oxygen atoms in total. The number of nitrogens with two attached hydrogens (primary N) is 1. The molecule has 6 rings (SSSR count). The van der Waals surface area contributed by atoms with Crippen molar-refractivity contribution in [2.24, 2.45) is 5.16 Å². The molecule has 2 aromatic heterocycles. The van der Waals surface area contributed by atoms with Gasteiger partial charge < -0.3 is 25.4 Å². The molecule has 1 fully saturated rings. The number of rotatable bonds is 13. The highest BCUT2D eigenvalue weighted by Crippen LogP contribution is 2.37. The second-order valence-corrected chi connectivity index (χ2v) is 13.7. The van der Waals surface area contributed by atoms with E-state index in [9.17, 15) is 14.4 Å². The maximum atomic E-state index is 14.1. The summed E-state index contributed by atoms with van der Waals surface area (Å²) in [6.07, 6.45) is 1.06. The van der Waals surface area contributed by atoms with Gasteiger partial charge in [0.25, 0.3) is 11.8 Å². The fraction of sp³-hybridized carbons (Fsp3) is 0.233. The third-order valence-corrected chi connectivity index (χ3v) is 9.91. The predicted octanol–water partition coefficient (Wildman–Crippen LogP) is 3.68. The Hall–Kier alpha value is -4.45. The van der Waals surface area contributed by atoms with Crippen LogP contribution in [0, 0.1) is 0 Å². The van der Waals surface area contributed by atoms with Gasteiger partial charge in [-0.25, -0.2) is 9.78 Å². The molecule has 242 valence electrons. The number of carbonyl (C=O) groups excluding carboxylic acids is 3. The summed E-state index contributed by atoms with van der Waals surface area (Å²) in [6, 6.07) is 16.9. The fourth-order valence-corrected chi connectivity index (χ4v) is 7.06. The molecule has 0 saturated carbocycles. The van der Waals surface area contributed by atoms with E-state index in [-0.39, 0.29) is 46.3 Å². The number of fused-ring (bicyclic) bond motifs is 1. The third kappa shape index (κ3) is 7.27. The molecule has 2 aliphatic rings. The van der Waals surface area contributed by atoms with E-state index in [1.807, 2.05) is 66.9 Å². The van der Waals surface area contributed by atoms with Gasteiger partial charge in [-0.15, -0.1) is 33.3 Å². The van der Waals surface area contributed by atoms with Crippen molar-refractivity contribution in [1.29, 1.82) is 0 Å². The first-order chi connectivity index (χ1) is 22.9. The van der Waals surface area contributed by atoms with Crippen molar-refractivity contribution in [2.75, 3.05) is 30.3 Å². The lowest BCUT2D eigenvalue weighted by molar-refractivity contribution is -0.163. The minimum absolute atomic E-state index is 0.0272. The Morgan fingerprint density at radius 1 is 1.15 bits per heavy atom. The van der Waals surface area contributed by atoms with Crippen LogP contribution in [0.25, 0.3) is 0 Å². The smallest absolute Gasteiger partial charge is 0.359 e. The first kappa shape index (κ1) is 32.5. The second kappa shape index (κ2) is 15.0. The highest BCUT2D eigenvalue weighted by molar-refractivity contribution is 8.01. The lowest BCUT2D eigenvalue weighted by Gasteiger charge is -2.49. The van der Waals surface area contributed by atoms with E-state index in [2.05, 4.69) is 25.7 Å². The molecule has 0 spiro atoms. The molecule has 2 amide bonds. The monoisotopic (exact) mass is 709 g/mol. The van der Waals surface area contributed by atoms with E-state index in [0.717, 1.165) is 22.5 Å². The van der Waals surface area contributed by atoms with E-state index in [1.165, 1.54) is 39.8 Å². The quantitative estimate of drug-likeness (QED) is 0.0393. The number of benzene rings is 2. The minimum atomic E-state index is -1.01. The van der Waals surface area contributed by atoms with Gasteiger partial charge >= 0.3 is 5.97 Å². The molecule has 4 aromatic rings. The molecular formula is C30H27N7O6S4. The molecule has 2 atom stereocenters. The van der Waals surface area contributed by atoms with Gasteiger partial charge in [-0.05, 0) is 17.4 Å². The largest absolute Gasteiger partial charge is 0.492 e. The van der Waals surface area contributed by atoms with Crippen molar-refractivity contribution in [3.63, 3.8) is 0 Å². The van der Waals surface area contributed by atoms with Crippen molar-refractivity contribution in [3.05, 3.63) is 99.8 Å². The van der Waals surface area contributed by atoms with Gasteiger partial charge in [0, 0.05) is 5.38 Å². The van der Waals surface area contributed by atoms with Gasteiger partial charge in [0.15, 0.2) is 32.9 Å². The van der Waals surface area contributed by atoms with Crippen molar-refractivity contribution in [2.45, 2.75) is 22.5 Å². The highest BCUT2D eigenvalue weighted by Gasteiger charge is 2.55. The summed E-state index contributed by atoms with van der Waals surface area (Å²) in [5.41, 5.74) is 8.94. The van der Waals surface area contributed by atoms with Crippen LogP contribution in [0.5, 0.6) is 0 Å². The van der Waals surface area contributed by atoms with Crippen LogP contribution in [-0.4, -0.2) is 80.2 Å². The van der Waals surface area contributed by atoms with Crippen LogP contribution in [0.15, 0.2) is 92.5 Å². The number of nitrogens with one attached hydrogen (secondary N) is 1. The number of β-lactam (4-membered cyclic amide) rings is 1. The Kier molecular flexibility index (Phi) is 10.4. The molecule has 17 heteroatoms. The molecule has 1 saturated heterocycles. The van der Waals surface area contributed by atoms with Gasteiger partial charge in [0.2, 0.25) is 0 Å². The zero-order chi connectivity index (χ0) is 32.8. The summed E-state index contributed by atoms with van der Waals surface area (Å²) >= 11 is 5.17. The second-order valence-electron chi connectivity index (χ2n) is 9.96. The molecule has 3 N–H and O–H groups in total. The van der Waals surface area contributed by atoms with Gasteiger partial charge in [-0.3, -0.25) is 14.5 Å². The van der Waals surface area contributed by atoms with Crippen LogP contribution in [0.4, 0.5) is 5.13 Å². The lowest BCUT2D eigenvalue weighted by Crippen LogP contribution is -2.73. The summed E-state index contributed by atoms with van der Waals surface area (Å²) in [7, 11) is 0. The van der Waals surface area contributed by atoms with Gasteiger partial charge in [-0.1, -0.05) is 88.9 Å². The summed E-state index contributed by atoms with van der Waals surface area (Å²) < 4.78 is 12.9. The molecule has 0 aliphatic carbocycles. The number of thioether (sulfide) groups is 2. The molecule has 2 aliphatic heterocycles. The van der Waals surface area contributed by atoms with Crippen LogP contribution < -0.4 is 11.1 Å². The van der Waals surface area contributed by atoms with E-state index < -0.39 is 36.0 Å². The number of amides is 2. The van der Waals surface area contributed by atoms with E-state index >= 15 is 0 Å². The zero-order valence-corrected chi connectivity index (χ0v) is 27.9. The average Bonchev–Trinajstić information content (AvgIpc) is 3.79. The van der Waals surface area contributed by atoms with Crippen LogP contribution in [0.3, 0.4) is 0 Å². The van der Waals surface area contributed by atoms with Crippen LogP contribution in [0.1, 0.15) is 22.9 Å². The average molecular weight is 710 g/mol. The van der Waals surface area contributed by atoms with Crippen LogP contribution in [0.2, 0.25) is 0 Å². The van der Waals surface area contributed by atoms with Gasteiger partial charge in [0.05, 0.1) is 5.75 Å². The molecule has 0 radical (unpaired) electrons. The third-order valence-electron chi connectivity index (χ3n) is 7.04. The van der Waals surface area contributed by atoms with Gasteiger partial charge in [-0.2, -0.15) is 0 Å². The predicted molar refractivity (Wildman–Crippen MR) is 180 cm³/mol. The SMILES string of the molecule is CSCO/N=C(\C(=O)NC1C(=O)N2C(C(=O)OC(c3ccccc3)c3ccccc3)=C(CSc3nncs3)OCC12)c1csc(N)n1. The normalized spacial score (nSPS) is 17.5. The highest BCUT2D eigenvalue weighted by atomic mass is 32.2. The molecular weight excluding hydrogens is 683 g/mol. The number of esters is 1. The Morgan fingerprint density at radius 2 is 1.87 bits per heavy atom. The number of hydrogen-bond acceptors (Lipinski definition) is 15. The van der Waals surface area contributed by atoms with E-state index in [1.54, 1.807) is 10.9 Å². The molecule has 2 unspecified atom stereocenters. The van der Waals surface area contributed by atoms with E-state index in [4.69, 9.17) is 20.0 Å². The zero-order valence-electron chi connectivity index (χ0n) is 24.7. The molecule has 4 heterocycles. The maximum absolute atomic E-state index is 14.1. The number of oxime groups is 1. The number of aromatic nitrogens is 3. The standard InChI is InChI=1S/C30H27N7O6S4/c1-44-16-42-36-22(19-13-45-29(31)33-19)26(38)34-23-20-12-41-21(14-46-30-35-32-15-47-30)24(37(20)27(23)39)28(40)43-25(17-8-4-2-5-9-17)18-10-6-3-7-11-18/h2-11,13,15,20,23,25H,12,14,16H2,1H3,(H2,31,33)(H,34,38)/b36-22-. The first-order valence-corrected chi connectivity index (χ1v) is 18.2. The van der Waals surface area contributed by atoms with Crippen molar-refractivity contribution >= 4 is 74.8 Å². The summed E-state index contributed by atoms with van der Waals surface area (Å²) in [5, 5.41) is 16.4. The number of anilines is 1. The van der Waals surface area contributed by atoms with Crippen LogP contribution in [-0.2, 0) is 28.7 Å². The molecule has 2 aromatic carbocycles. The first-order valence-electron chi connectivity index (χ1n) is 14.0. The lowest BCUT2D eigenvalue weighted by atomic mass is 9.92. The summed E-state index contributed by atoms with van der Waals surface area (Å²) in [6.45, 7) is 0.0272. The Morgan fingerprint density at radius 3 is 2.49 bits per heavy atom. The van der Waals surface area contributed by atoms with Crippen LogP contribution >= 0.6 is 46.2 Å². The van der Waals surface area contributed by atoms with Gasteiger partial charge in [0.1, 0.15) is 35.7 Å².